The van der Waals surface area contributed by atoms with Crippen LogP contribution in [0, 0.1) is 13.8 Å². The van der Waals surface area contributed by atoms with Gasteiger partial charge in [-0.25, -0.2) is 4.79 Å². The molecule has 166 valence electrons. The average Bonchev–Trinajstić information content (AvgIpc) is 3.47. The van der Waals surface area contributed by atoms with E-state index in [1.807, 2.05) is 38.1 Å². The summed E-state index contributed by atoms with van der Waals surface area (Å²) >= 11 is 7.56. The fourth-order valence-electron chi connectivity index (χ4n) is 3.67. The molecule has 0 aliphatic carbocycles. The molecule has 0 bridgehead atoms. The van der Waals surface area contributed by atoms with Crippen LogP contribution in [0.2, 0.25) is 5.02 Å². The van der Waals surface area contributed by atoms with E-state index in [-0.39, 0.29) is 24.5 Å². The van der Waals surface area contributed by atoms with Gasteiger partial charge in [-0.3, -0.25) is 13.9 Å². The molecule has 33 heavy (non-hydrogen) atoms. The second kappa shape index (κ2) is 8.46. The third kappa shape index (κ3) is 3.92. The normalized spacial score (nSPS) is 11.4. The van der Waals surface area contributed by atoms with E-state index in [0.717, 1.165) is 11.1 Å². The SMILES string of the molecule is Cc1ccc(-c2noc(Cn3c(=O)n(Cc4ccccc4Cl)c(=O)c4sccc43)n2)cc1C. The number of nitrogens with zero attached hydrogens (tertiary/aromatic N) is 4. The summed E-state index contributed by atoms with van der Waals surface area (Å²) < 4.78 is 8.62. The molecule has 0 aliphatic rings. The first-order valence-corrected chi connectivity index (χ1v) is 11.5. The second-order valence-electron chi connectivity index (χ2n) is 7.80. The van der Waals surface area contributed by atoms with E-state index in [9.17, 15) is 9.59 Å². The van der Waals surface area contributed by atoms with Crippen molar-refractivity contribution in [2.24, 2.45) is 0 Å². The molecule has 0 spiro atoms. The standard InChI is InChI=1S/C24H19ClN4O3S/c1-14-7-8-16(11-15(14)2)22-26-20(32-27-22)13-28-19-9-10-33-21(19)23(30)29(24(28)31)12-17-5-3-4-6-18(17)25/h3-11H,12-13H2,1-2H3. The zero-order valence-corrected chi connectivity index (χ0v) is 19.5. The lowest BCUT2D eigenvalue weighted by atomic mass is 10.1. The molecule has 0 N–H and O–H groups in total. The number of aromatic nitrogens is 4. The van der Waals surface area contributed by atoms with Crippen molar-refractivity contribution in [2.45, 2.75) is 26.9 Å². The minimum atomic E-state index is -0.461. The third-order valence-corrected chi connectivity index (χ3v) is 6.91. The molecule has 3 aromatic heterocycles. The largest absolute Gasteiger partial charge is 0.337 e. The second-order valence-corrected chi connectivity index (χ2v) is 9.12. The number of rotatable bonds is 5. The van der Waals surface area contributed by atoms with E-state index in [1.165, 1.54) is 26.0 Å². The molecule has 0 unspecified atom stereocenters. The summed E-state index contributed by atoms with van der Waals surface area (Å²) in [6, 6.07) is 14.8. The third-order valence-electron chi connectivity index (χ3n) is 5.65. The van der Waals surface area contributed by atoms with Crippen LogP contribution >= 0.6 is 22.9 Å². The molecule has 0 atom stereocenters. The quantitative estimate of drug-likeness (QED) is 0.367. The van der Waals surface area contributed by atoms with Crippen LogP contribution in [-0.2, 0) is 13.1 Å². The minimum Gasteiger partial charge on any atom is -0.337 e. The Morgan fingerprint density at radius 2 is 1.82 bits per heavy atom. The lowest BCUT2D eigenvalue weighted by molar-refractivity contribution is 0.369. The zero-order valence-electron chi connectivity index (χ0n) is 17.9. The van der Waals surface area contributed by atoms with Gasteiger partial charge in [-0.15, -0.1) is 11.3 Å². The summed E-state index contributed by atoms with van der Waals surface area (Å²) in [7, 11) is 0. The van der Waals surface area contributed by atoms with Gasteiger partial charge in [0, 0.05) is 10.6 Å². The molecular weight excluding hydrogens is 460 g/mol. The van der Waals surface area contributed by atoms with Crippen molar-refractivity contribution >= 4 is 33.2 Å². The van der Waals surface area contributed by atoms with Crippen LogP contribution in [0.15, 0.2) is 68.0 Å². The van der Waals surface area contributed by atoms with Gasteiger partial charge in [0.1, 0.15) is 11.2 Å². The molecule has 0 saturated carbocycles. The topological polar surface area (TPSA) is 82.9 Å². The van der Waals surface area contributed by atoms with Crippen molar-refractivity contribution in [3.8, 4) is 11.4 Å². The van der Waals surface area contributed by atoms with Crippen LogP contribution in [0.25, 0.3) is 21.6 Å². The van der Waals surface area contributed by atoms with E-state index in [2.05, 4.69) is 10.1 Å². The molecule has 5 aromatic rings. The van der Waals surface area contributed by atoms with Crippen LogP contribution in [0.1, 0.15) is 22.6 Å². The van der Waals surface area contributed by atoms with Crippen molar-refractivity contribution in [1.82, 2.24) is 19.3 Å². The maximum atomic E-state index is 13.4. The van der Waals surface area contributed by atoms with Gasteiger partial charge in [-0.1, -0.05) is 47.1 Å². The van der Waals surface area contributed by atoms with Crippen LogP contribution in [-0.4, -0.2) is 19.3 Å². The highest BCUT2D eigenvalue weighted by Gasteiger charge is 2.18. The van der Waals surface area contributed by atoms with Crippen LogP contribution < -0.4 is 11.2 Å². The minimum absolute atomic E-state index is 0.0483. The van der Waals surface area contributed by atoms with Crippen LogP contribution in [0.5, 0.6) is 0 Å². The first-order valence-electron chi connectivity index (χ1n) is 10.3. The number of aryl methyl sites for hydroxylation is 2. The number of hydrogen-bond acceptors (Lipinski definition) is 6. The van der Waals surface area contributed by atoms with Gasteiger partial charge in [0.2, 0.25) is 11.7 Å². The molecule has 2 aromatic carbocycles. The maximum absolute atomic E-state index is 13.4. The molecule has 0 amide bonds. The lowest BCUT2D eigenvalue weighted by Gasteiger charge is -2.11. The highest BCUT2D eigenvalue weighted by Crippen LogP contribution is 2.21. The number of fused-ring (bicyclic) bond motifs is 1. The highest BCUT2D eigenvalue weighted by molar-refractivity contribution is 7.17. The first-order chi connectivity index (χ1) is 15.9. The maximum Gasteiger partial charge on any atom is 0.332 e. The van der Waals surface area contributed by atoms with E-state index >= 15 is 0 Å². The summed E-state index contributed by atoms with van der Waals surface area (Å²) in [5.41, 5.74) is 3.56. The van der Waals surface area contributed by atoms with Crippen molar-refractivity contribution in [3.05, 3.63) is 102 Å². The molecule has 7 nitrogen and oxygen atoms in total. The van der Waals surface area contributed by atoms with E-state index in [0.29, 0.717) is 26.6 Å². The van der Waals surface area contributed by atoms with Crippen LogP contribution in [0.4, 0.5) is 0 Å². The summed E-state index contributed by atoms with van der Waals surface area (Å²) in [5, 5.41) is 6.37. The highest BCUT2D eigenvalue weighted by atomic mass is 35.5. The van der Waals surface area contributed by atoms with Gasteiger partial charge in [0.25, 0.3) is 5.56 Å². The fraction of sp³-hybridized carbons (Fsp3) is 0.167. The predicted molar refractivity (Wildman–Crippen MR) is 129 cm³/mol. The van der Waals surface area contributed by atoms with E-state index in [1.54, 1.807) is 29.6 Å². The van der Waals surface area contributed by atoms with Crippen molar-refractivity contribution in [2.75, 3.05) is 0 Å². The Hall–Kier alpha value is -3.49. The Bertz CT molecular complexity index is 1610. The number of hydrogen-bond donors (Lipinski definition) is 0. The van der Waals surface area contributed by atoms with E-state index < -0.39 is 5.69 Å². The summed E-state index contributed by atoms with van der Waals surface area (Å²) in [5.74, 6) is 0.730. The van der Waals surface area contributed by atoms with Crippen molar-refractivity contribution in [3.63, 3.8) is 0 Å². The number of benzene rings is 2. The monoisotopic (exact) mass is 478 g/mol. The van der Waals surface area contributed by atoms with E-state index in [4.69, 9.17) is 16.1 Å². The van der Waals surface area contributed by atoms with Gasteiger partial charge < -0.3 is 4.52 Å². The van der Waals surface area contributed by atoms with Gasteiger partial charge in [-0.2, -0.15) is 4.98 Å². The predicted octanol–water partition coefficient (Wildman–Crippen LogP) is 4.64. The van der Waals surface area contributed by atoms with Gasteiger partial charge in [0.05, 0.1) is 12.1 Å². The Morgan fingerprint density at radius 1 is 1.00 bits per heavy atom. The number of thiophene rings is 1. The fourth-order valence-corrected chi connectivity index (χ4v) is 4.71. The van der Waals surface area contributed by atoms with Crippen molar-refractivity contribution in [1.29, 1.82) is 0 Å². The average molecular weight is 479 g/mol. The summed E-state index contributed by atoms with van der Waals surface area (Å²) in [6.45, 7) is 4.18. The Morgan fingerprint density at radius 3 is 2.61 bits per heavy atom. The smallest absolute Gasteiger partial charge is 0.332 e. The molecule has 0 fully saturated rings. The Kier molecular flexibility index (Phi) is 5.47. The first kappa shape index (κ1) is 21.4. The molecule has 5 rings (SSSR count). The molecule has 3 heterocycles. The molecule has 0 saturated heterocycles. The summed E-state index contributed by atoms with van der Waals surface area (Å²) in [6.07, 6.45) is 0. The summed E-state index contributed by atoms with van der Waals surface area (Å²) in [4.78, 5) is 30.9. The Labute approximate surface area is 197 Å². The Balaban J connectivity index is 1.56. The molecule has 9 heteroatoms. The molecule has 0 radical (unpaired) electrons. The molecule has 0 aliphatic heterocycles. The van der Waals surface area contributed by atoms with Crippen LogP contribution in [0.3, 0.4) is 0 Å². The number of halogens is 1. The lowest BCUT2D eigenvalue weighted by Crippen LogP contribution is -2.40. The molecular formula is C24H19ClN4O3S. The zero-order chi connectivity index (χ0) is 23.1. The van der Waals surface area contributed by atoms with Gasteiger partial charge in [0.15, 0.2) is 0 Å². The van der Waals surface area contributed by atoms with Crippen molar-refractivity contribution < 1.29 is 4.52 Å². The van der Waals surface area contributed by atoms with Gasteiger partial charge in [-0.05, 0) is 54.1 Å². The van der Waals surface area contributed by atoms with Gasteiger partial charge >= 0.3 is 5.69 Å².